The van der Waals surface area contributed by atoms with Crippen LogP contribution in [0, 0.1) is 0 Å². The number of fused-ring (bicyclic) bond motifs is 2. The summed E-state index contributed by atoms with van der Waals surface area (Å²) in [5.74, 6) is 0.720. The number of rotatable bonds is 4. The zero-order valence-corrected chi connectivity index (χ0v) is 20.4. The van der Waals surface area contributed by atoms with Gasteiger partial charge in [-0.05, 0) is 55.2 Å². The fourth-order valence-corrected chi connectivity index (χ4v) is 5.79. The highest BCUT2D eigenvalue weighted by Crippen LogP contribution is 2.43. The van der Waals surface area contributed by atoms with E-state index < -0.39 is 5.92 Å². The van der Waals surface area contributed by atoms with E-state index in [1.54, 1.807) is 20.3 Å². The lowest BCUT2D eigenvalue weighted by molar-refractivity contribution is -0.135. The zero-order valence-electron chi connectivity index (χ0n) is 19.6. The van der Waals surface area contributed by atoms with Crippen molar-refractivity contribution in [1.29, 1.82) is 0 Å². The third-order valence-electron chi connectivity index (χ3n) is 7.35. The van der Waals surface area contributed by atoms with Crippen molar-refractivity contribution in [3.05, 3.63) is 52.5 Å². The second-order valence-corrected chi connectivity index (χ2v) is 9.56. The van der Waals surface area contributed by atoms with E-state index in [2.05, 4.69) is 4.90 Å². The van der Waals surface area contributed by atoms with Gasteiger partial charge >= 0.3 is 0 Å². The maximum Gasteiger partial charge on any atom is 0.254 e. The van der Waals surface area contributed by atoms with Crippen molar-refractivity contribution >= 4 is 29.1 Å². The Bertz CT molecular complexity index is 1100. The van der Waals surface area contributed by atoms with Gasteiger partial charge in [0.05, 0.1) is 20.1 Å². The summed E-state index contributed by atoms with van der Waals surface area (Å²) in [5, 5.41) is 0.709. The SMILES string of the molecule is COc1cc2c(cc1OC)[C@@H](C(=O)N1CCN(c3cccc(Cl)c3)CC1)[C@@H]1CCCCN1C2=O. The van der Waals surface area contributed by atoms with Gasteiger partial charge in [0, 0.05) is 55.0 Å². The number of methoxy groups -OCH3 is 2. The number of carbonyl (C=O) groups is 2. The Morgan fingerprint density at radius 1 is 0.971 bits per heavy atom. The molecule has 0 spiro atoms. The highest BCUT2D eigenvalue weighted by Gasteiger charge is 2.46. The molecule has 8 heteroatoms. The molecule has 2 aromatic rings. The van der Waals surface area contributed by atoms with Crippen LogP contribution < -0.4 is 14.4 Å². The standard InChI is InChI=1S/C26H30ClN3O4/c1-33-22-15-19-20(16-23(22)34-2)25(31)30-9-4-3-8-21(30)24(19)26(32)29-12-10-28(11-13-29)18-7-5-6-17(27)14-18/h5-7,14-16,21,24H,3-4,8-13H2,1-2H3/t21-,24+/m0/s1. The molecule has 0 saturated carbocycles. The van der Waals surface area contributed by atoms with E-state index in [4.69, 9.17) is 21.1 Å². The lowest BCUT2D eigenvalue weighted by atomic mass is 9.78. The third kappa shape index (κ3) is 3.96. The van der Waals surface area contributed by atoms with Crippen molar-refractivity contribution in [2.75, 3.05) is 51.8 Å². The van der Waals surface area contributed by atoms with E-state index in [9.17, 15) is 9.59 Å². The van der Waals surface area contributed by atoms with Gasteiger partial charge in [0.15, 0.2) is 11.5 Å². The maximum absolute atomic E-state index is 14.0. The number of halogens is 1. The van der Waals surface area contributed by atoms with Crippen LogP contribution in [0.15, 0.2) is 36.4 Å². The summed E-state index contributed by atoms with van der Waals surface area (Å²) in [5.41, 5.74) is 2.38. The predicted molar refractivity (Wildman–Crippen MR) is 131 cm³/mol. The molecule has 3 aliphatic heterocycles. The van der Waals surface area contributed by atoms with E-state index in [0.717, 1.165) is 43.6 Å². The molecule has 34 heavy (non-hydrogen) atoms. The fourth-order valence-electron chi connectivity index (χ4n) is 5.61. The van der Waals surface area contributed by atoms with Crippen LogP contribution in [-0.4, -0.2) is 74.6 Å². The zero-order chi connectivity index (χ0) is 23.8. The number of hydrogen-bond donors (Lipinski definition) is 0. The number of piperidine rings is 1. The van der Waals surface area contributed by atoms with Crippen LogP contribution >= 0.6 is 11.6 Å². The summed E-state index contributed by atoms with van der Waals surface area (Å²) in [6, 6.07) is 11.3. The molecular formula is C26H30ClN3O4. The number of ether oxygens (including phenoxy) is 2. The molecule has 0 N–H and O–H groups in total. The summed E-state index contributed by atoms with van der Waals surface area (Å²) < 4.78 is 11.0. The molecule has 3 heterocycles. The predicted octanol–water partition coefficient (Wildman–Crippen LogP) is 3.80. The number of hydrogen-bond acceptors (Lipinski definition) is 5. The van der Waals surface area contributed by atoms with Gasteiger partial charge in [-0.2, -0.15) is 0 Å². The number of amides is 2. The lowest BCUT2D eigenvalue weighted by Crippen LogP contribution is -2.57. The largest absolute Gasteiger partial charge is 0.493 e. The number of carbonyl (C=O) groups excluding carboxylic acids is 2. The molecule has 0 unspecified atom stereocenters. The average molecular weight is 484 g/mol. The van der Waals surface area contributed by atoms with Crippen molar-refractivity contribution in [3.8, 4) is 11.5 Å². The van der Waals surface area contributed by atoms with Crippen molar-refractivity contribution in [2.45, 2.75) is 31.2 Å². The lowest BCUT2D eigenvalue weighted by Gasteiger charge is -2.46. The van der Waals surface area contributed by atoms with Gasteiger partial charge in [0.25, 0.3) is 5.91 Å². The summed E-state index contributed by atoms with van der Waals surface area (Å²) >= 11 is 6.17. The molecule has 5 rings (SSSR count). The van der Waals surface area contributed by atoms with E-state index in [-0.39, 0.29) is 17.9 Å². The van der Waals surface area contributed by atoms with Gasteiger partial charge in [-0.15, -0.1) is 0 Å². The van der Waals surface area contributed by atoms with Crippen LogP contribution in [0.3, 0.4) is 0 Å². The fraction of sp³-hybridized carbons (Fsp3) is 0.462. The van der Waals surface area contributed by atoms with E-state index >= 15 is 0 Å². The molecule has 2 fully saturated rings. The highest BCUT2D eigenvalue weighted by atomic mass is 35.5. The first kappa shape index (κ1) is 22.8. The van der Waals surface area contributed by atoms with Crippen LogP contribution in [0.25, 0.3) is 0 Å². The van der Waals surface area contributed by atoms with Crippen molar-refractivity contribution < 1.29 is 19.1 Å². The molecule has 7 nitrogen and oxygen atoms in total. The molecule has 2 saturated heterocycles. The van der Waals surface area contributed by atoms with Crippen LogP contribution in [0.4, 0.5) is 5.69 Å². The third-order valence-corrected chi connectivity index (χ3v) is 7.58. The van der Waals surface area contributed by atoms with Gasteiger partial charge in [-0.25, -0.2) is 0 Å². The second-order valence-electron chi connectivity index (χ2n) is 9.13. The van der Waals surface area contributed by atoms with Crippen LogP contribution in [0.2, 0.25) is 5.02 Å². The minimum atomic E-state index is -0.398. The second kappa shape index (κ2) is 9.37. The average Bonchev–Trinajstić information content (AvgIpc) is 2.88. The number of benzene rings is 2. The number of piperazine rings is 1. The monoisotopic (exact) mass is 483 g/mol. The number of nitrogens with zero attached hydrogens (tertiary/aromatic N) is 3. The summed E-state index contributed by atoms with van der Waals surface area (Å²) in [7, 11) is 3.14. The molecule has 0 radical (unpaired) electrons. The topological polar surface area (TPSA) is 62.3 Å². The highest BCUT2D eigenvalue weighted by molar-refractivity contribution is 6.30. The molecule has 0 aromatic heterocycles. The first-order chi connectivity index (χ1) is 16.5. The van der Waals surface area contributed by atoms with Crippen LogP contribution in [-0.2, 0) is 4.79 Å². The van der Waals surface area contributed by atoms with Gasteiger partial charge < -0.3 is 24.2 Å². The van der Waals surface area contributed by atoms with Gasteiger partial charge in [-0.3, -0.25) is 9.59 Å². The molecule has 2 amide bonds. The molecule has 2 aromatic carbocycles. The Morgan fingerprint density at radius 3 is 2.41 bits per heavy atom. The molecule has 0 bridgehead atoms. The maximum atomic E-state index is 14.0. The Hall–Kier alpha value is -2.93. The van der Waals surface area contributed by atoms with E-state index in [0.29, 0.717) is 41.7 Å². The van der Waals surface area contributed by atoms with E-state index in [1.165, 1.54) is 0 Å². The molecule has 3 aliphatic rings. The summed E-state index contributed by atoms with van der Waals surface area (Å²) in [6.07, 6.45) is 2.81. The van der Waals surface area contributed by atoms with E-state index in [1.807, 2.05) is 40.1 Å². The Balaban J connectivity index is 1.44. The van der Waals surface area contributed by atoms with Crippen molar-refractivity contribution in [2.24, 2.45) is 0 Å². The van der Waals surface area contributed by atoms with Crippen LogP contribution in [0.1, 0.15) is 41.1 Å². The van der Waals surface area contributed by atoms with Crippen molar-refractivity contribution in [3.63, 3.8) is 0 Å². The quantitative estimate of drug-likeness (QED) is 0.662. The summed E-state index contributed by atoms with van der Waals surface area (Å²) in [4.78, 5) is 33.5. The number of anilines is 1. The molecule has 180 valence electrons. The minimum absolute atomic E-state index is 0.0181. The Morgan fingerprint density at radius 2 is 1.71 bits per heavy atom. The Labute approximate surface area is 205 Å². The summed E-state index contributed by atoms with van der Waals surface area (Å²) in [6.45, 7) is 3.43. The van der Waals surface area contributed by atoms with Gasteiger partial charge in [0.2, 0.25) is 5.91 Å². The minimum Gasteiger partial charge on any atom is -0.493 e. The van der Waals surface area contributed by atoms with Gasteiger partial charge in [0.1, 0.15) is 0 Å². The first-order valence-electron chi connectivity index (χ1n) is 11.9. The van der Waals surface area contributed by atoms with Gasteiger partial charge in [-0.1, -0.05) is 17.7 Å². The first-order valence-corrected chi connectivity index (χ1v) is 12.3. The normalized spacial score (nSPS) is 22.2. The van der Waals surface area contributed by atoms with Crippen LogP contribution in [0.5, 0.6) is 11.5 Å². The van der Waals surface area contributed by atoms with Crippen molar-refractivity contribution in [1.82, 2.24) is 9.80 Å². The Kier molecular flexibility index (Phi) is 6.30. The molecule has 2 atom stereocenters. The molecule has 0 aliphatic carbocycles. The molecular weight excluding hydrogens is 454 g/mol. The smallest absolute Gasteiger partial charge is 0.254 e.